The van der Waals surface area contributed by atoms with Gasteiger partial charge in [-0.25, -0.2) is 4.79 Å². The molecular weight excluding hydrogens is 340 g/mol. The third-order valence-electron chi connectivity index (χ3n) is 3.52. The summed E-state index contributed by atoms with van der Waals surface area (Å²) >= 11 is 0. The molecule has 2 aromatic rings. The molecule has 0 heterocycles. The van der Waals surface area contributed by atoms with Crippen molar-refractivity contribution in [3.05, 3.63) is 53.1 Å². The van der Waals surface area contributed by atoms with Gasteiger partial charge in [0, 0.05) is 6.54 Å². The molecule has 0 fully saturated rings. The summed E-state index contributed by atoms with van der Waals surface area (Å²) < 4.78 is 5.92. The summed E-state index contributed by atoms with van der Waals surface area (Å²) in [6.45, 7) is 12.6. The minimum absolute atomic E-state index is 0.214. The minimum Gasteiger partial charge on any atom is -0.508 e. The Balaban J connectivity index is 0.00000158. The number of phenols is 1. The molecule has 5 heteroatoms. The Morgan fingerprint density at radius 3 is 2.04 bits per heavy atom. The molecule has 4 N–H and O–H groups in total. The second-order valence-corrected chi connectivity index (χ2v) is 5.55. The Morgan fingerprint density at radius 2 is 1.56 bits per heavy atom. The molecule has 2 aromatic carbocycles. The van der Waals surface area contributed by atoms with E-state index in [9.17, 15) is 9.90 Å². The van der Waals surface area contributed by atoms with Gasteiger partial charge in [0.05, 0.1) is 0 Å². The quantitative estimate of drug-likeness (QED) is 0.587. The van der Waals surface area contributed by atoms with E-state index in [1.807, 2.05) is 41.5 Å². The second-order valence-electron chi connectivity index (χ2n) is 5.55. The topological polar surface area (TPSA) is 84.6 Å². The van der Waals surface area contributed by atoms with E-state index in [0.29, 0.717) is 12.3 Å². The van der Waals surface area contributed by atoms with Gasteiger partial charge in [0.2, 0.25) is 0 Å². The molecule has 5 nitrogen and oxygen atoms in total. The number of benzene rings is 2. The van der Waals surface area contributed by atoms with E-state index in [-0.39, 0.29) is 5.75 Å². The van der Waals surface area contributed by atoms with Crippen molar-refractivity contribution in [2.45, 2.75) is 54.4 Å². The van der Waals surface area contributed by atoms with Crippen molar-refractivity contribution >= 4 is 6.03 Å². The molecule has 0 radical (unpaired) electrons. The van der Waals surface area contributed by atoms with E-state index in [1.165, 1.54) is 5.56 Å². The van der Waals surface area contributed by atoms with Crippen molar-refractivity contribution in [2.24, 2.45) is 5.73 Å². The van der Waals surface area contributed by atoms with Gasteiger partial charge in [-0.1, -0.05) is 39.8 Å². The van der Waals surface area contributed by atoms with E-state index in [0.717, 1.165) is 29.7 Å². The predicted octanol–water partition coefficient (Wildman–Crippen LogP) is 5.45. The summed E-state index contributed by atoms with van der Waals surface area (Å²) in [6.07, 6.45) is 1.70. The Morgan fingerprint density at radius 1 is 1.04 bits per heavy atom. The Hall–Kier alpha value is -2.69. The number of primary amides is 1. The van der Waals surface area contributed by atoms with Gasteiger partial charge >= 0.3 is 6.03 Å². The van der Waals surface area contributed by atoms with Gasteiger partial charge in [0.1, 0.15) is 17.2 Å². The van der Waals surface area contributed by atoms with Crippen LogP contribution in [0, 0.1) is 13.8 Å². The molecule has 0 atom stereocenters. The molecule has 0 saturated carbocycles. The van der Waals surface area contributed by atoms with Crippen molar-refractivity contribution in [1.82, 2.24) is 5.32 Å². The number of nitrogens with one attached hydrogen (secondary N) is 1. The van der Waals surface area contributed by atoms with Crippen molar-refractivity contribution in [1.29, 1.82) is 0 Å². The highest BCUT2D eigenvalue weighted by molar-refractivity contribution is 5.71. The second kappa shape index (κ2) is 13.5. The number of phenolic OH excluding ortho intramolecular Hbond substituents is 1. The van der Waals surface area contributed by atoms with E-state index >= 15 is 0 Å². The number of nitrogens with two attached hydrogens (primary N) is 1. The lowest BCUT2D eigenvalue weighted by Gasteiger charge is -2.14. The number of hydrogen-bond acceptors (Lipinski definition) is 3. The van der Waals surface area contributed by atoms with E-state index in [4.69, 9.17) is 10.5 Å². The van der Waals surface area contributed by atoms with Crippen LogP contribution < -0.4 is 15.8 Å². The first-order valence-electron chi connectivity index (χ1n) is 9.56. The first-order valence-corrected chi connectivity index (χ1v) is 9.56. The Labute approximate surface area is 163 Å². The monoisotopic (exact) mass is 374 g/mol. The lowest BCUT2D eigenvalue weighted by atomic mass is 10.0. The maximum Gasteiger partial charge on any atom is 0.312 e. The third-order valence-corrected chi connectivity index (χ3v) is 3.52. The highest BCUT2D eigenvalue weighted by Gasteiger charge is 2.08. The van der Waals surface area contributed by atoms with Crippen LogP contribution >= 0.6 is 0 Å². The Kier molecular flexibility index (Phi) is 12.2. The molecule has 27 heavy (non-hydrogen) atoms. The van der Waals surface area contributed by atoms with E-state index < -0.39 is 6.03 Å². The summed E-state index contributed by atoms with van der Waals surface area (Å²) in [7, 11) is 0. The molecule has 2 rings (SSSR count). The maximum absolute atomic E-state index is 10.6. The van der Waals surface area contributed by atoms with E-state index in [2.05, 4.69) is 17.4 Å². The summed E-state index contributed by atoms with van der Waals surface area (Å²) in [5.41, 5.74) is 8.34. The minimum atomic E-state index is -0.491. The molecule has 2 amide bonds. The molecule has 0 spiro atoms. The molecule has 0 aromatic heterocycles. The van der Waals surface area contributed by atoms with Gasteiger partial charge in [-0.15, -0.1) is 0 Å². The van der Waals surface area contributed by atoms with Crippen LogP contribution in [0.5, 0.6) is 17.2 Å². The number of hydrogen-bond donors (Lipinski definition) is 3. The fourth-order valence-electron chi connectivity index (χ4n) is 2.48. The van der Waals surface area contributed by atoms with Crippen LogP contribution in [-0.2, 0) is 6.42 Å². The number of carbonyl (C=O) groups is 1. The average Bonchev–Trinajstić information content (AvgIpc) is 2.66. The molecule has 0 bridgehead atoms. The maximum atomic E-state index is 10.6. The number of aryl methyl sites for hydroxylation is 3. The number of rotatable bonds is 6. The van der Waals surface area contributed by atoms with Crippen molar-refractivity contribution in [3.8, 4) is 17.2 Å². The van der Waals surface area contributed by atoms with Crippen molar-refractivity contribution < 1.29 is 14.6 Å². The van der Waals surface area contributed by atoms with Gasteiger partial charge in [-0.3, -0.25) is 0 Å². The highest BCUT2D eigenvalue weighted by Crippen LogP contribution is 2.30. The van der Waals surface area contributed by atoms with Crippen LogP contribution in [0.1, 0.15) is 50.8 Å². The lowest BCUT2D eigenvalue weighted by Crippen LogP contribution is -2.30. The number of carbonyl (C=O) groups excluding carboxylic acids is 1. The van der Waals surface area contributed by atoms with Crippen molar-refractivity contribution in [2.75, 3.05) is 6.54 Å². The predicted molar refractivity (Wildman–Crippen MR) is 113 cm³/mol. The number of amides is 2. The third kappa shape index (κ3) is 8.99. The normalized spacial score (nSPS) is 9.26. The van der Waals surface area contributed by atoms with Crippen LogP contribution in [0.3, 0.4) is 0 Å². The van der Waals surface area contributed by atoms with Crippen LogP contribution in [0.15, 0.2) is 36.4 Å². The Bertz CT molecular complexity index is 659. The average molecular weight is 375 g/mol. The molecule has 150 valence electrons. The zero-order chi connectivity index (χ0) is 20.8. The zero-order valence-corrected chi connectivity index (χ0v) is 17.4. The number of aromatic hydroxyl groups is 1. The standard InChI is InChI=1S/C18H22N2O3.2C2H6/c1-12-10-14(4-3-9-20-18(19)22)11-13(2)17(12)23-16-7-5-15(21)6-8-16;2*1-2/h5-8,10-11,21H,3-4,9H2,1-2H3,(H3,19,20,22);2*1-2H3. The molecule has 0 saturated heterocycles. The molecular formula is C22H34N2O3. The van der Waals surface area contributed by atoms with Crippen LogP contribution in [0.25, 0.3) is 0 Å². The molecule has 0 aliphatic rings. The summed E-state index contributed by atoms with van der Waals surface area (Å²) in [5.74, 6) is 1.73. The summed E-state index contributed by atoms with van der Waals surface area (Å²) in [5, 5.41) is 11.9. The van der Waals surface area contributed by atoms with E-state index in [1.54, 1.807) is 24.3 Å². The van der Waals surface area contributed by atoms with Crippen LogP contribution in [0.2, 0.25) is 0 Å². The number of ether oxygens (including phenoxy) is 1. The first-order chi connectivity index (χ1) is 13.0. The molecule has 0 aliphatic heterocycles. The fraction of sp³-hybridized carbons (Fsp3) is 0.409. The van der Waals surface area contributed by atoms with Crippen molar-refractivity contribution in [3.63, 3.8) is 0 Å². The van der Waals surface area contributed by atoms with Crippen LogP contribution in [-0.4, -0.2) is 17.7 Å². The summed E-state index contributed by atoms with van der Waals surface area (Å²) in [6, 6.07) is 10.4. The fourth-order valence-corrected chi connectivity index (χ4v) is 2.48. The van der Waals surface area contributed by atoms with Gasteiger partial charge in [-0.2, -0.15) is 0 Å². The van der Waals surface area contributed by atoms with Gasteiger partial charge in [-0.05, 0) is 67.6 Å². The smallest absolute Gasteiger partial charge is 0.312 e. The zero-order valence-electron chi connectivity index (χ0n) is 17.4. The SMILES string of the molecule is CC.CC.Cc1cc(CCCNC(N)=O)cc(C)c1Oc1ccc(O)cc1. The largest absolute Gasteiger partial charge is 0.508 e. The lowest BCUT2D eigenvalue weighted by molar-refractivity contribution is 0.249. The first kappa shape index (κ1) is 24.3. The van der Waals surface area contributed by atoms with Gasteiger partial charge in [0.15, 0.2) is 0 Å². The van der Waals surface area contributed by atoms with Gasteiger partial charge < -0.3 is 20.9 Å². The van der Waals surface area contributed by atoms with Gasteiger partial charge in [0.25, 0.3) is 0 Å². The van der Waals surface area contributed by atoms with Crippen LogP contribution in [0.4, 0.5) is 4.79 Å². The summed E-state index contributed by atoms with van der Waals surface area (Å²) in [4.78, 5) is 10.6. The molecule has 0 aliphatic carbocycles. The number of urea groups is 1. The highest BCUT2D eigenvalue weighted by atomic mass is 16.5. The molecule has 0 unspecified atom stereocenters.